The lowest BCUT2D eigenvalue weighted by atomic mass is 10.1. The van der Waals surface area contributed by atoms with Gasteiger partial charge in [-0.05, 0) is 35.9 Å². The molecule has 0 bridgehead atoms. The number of thiophene rings is 1. The van der Waals surface area contributed by atoms with Gasteiger partial charge in [-0.2, -0.15) is 0 Å². The van der Waals surface area contributed by atoms with Gasteiger partial charge in [-0.3, -0.25) is 9.59 Å². The Bertz CT molecular complexity index is 778. The summed E-state index contributed by atoms with van der Waals surface area (Å²) >= 11 is 1.14. The standard InChI is InChI=1S/C17H16N2O4S/c1-18-16(21)12-6-3-11(4-7-12)5-9-14(20)19-15-10-8-13(24-15)17(22)23-2/h3-10H,1-2H3,(H,18,21)(H,19,20). The van der Waals surface area contributed by atoms with Crippen LogP contribution in [0.5, 0.6) is 0 Å². The molecule has 2 aromatic rings. The lowest BCUT2D eigenvalue weighted by Crippen LogP contribution is -2.17. The Kier molecular flexibility index (Phi) is 5.86. The van der Waals surface area contributed by atoms with Gasteiger partial charge in [0, 0.05) is 18.7 Å². The molecule has 0 unspecified atom stereocenters. The zero-order chi connectivity index (χ0) is 17.5. The van der Waals surface area contributed by atoms with E-state index < -0.39 is 5.97 Å². The first-order valence-corrected chi connectivity index (χ1v) is 7.84. The minimum absolute atomic E-state index is 0.164. The maximum absolute atomic E-state index is 11.9. The predicted octanol–water partition coefficient (Wildman–Crippen LogP) is 2.55. The maximum Gasteiger partial charge on any atom is 0.348 e. The third-order valence-corrected chi connectivity index (χ3v) is 4.05. The molecule has 7 heteroatoms. The van der Waals surface area contributed by atoms with Crippen molar-refractivity contribution >= 4 is 40.2 Å². The monoisotopic (exact) mass is 344 g/mol. The van der Waals surface area contributed by atoms with Crippen LogP contribution < -0.4 is 10.6 Å². The summed E-state index contributed by atoms with van der Waals surface area (Å²) < 4.78 is 4.61. The Morgan fingerprint density at radius 2 is 1.79 bits per heavy atom. The molecule has 0 saturated heterocycles. The van der Waals surface area contributed by atoms with Crippen molar-refractivity contribution in [1.82, 2.24) is 5.32 Å². The van der Waals surface area contributed by atoms with Crippen molar-refractivity contribution in [2.45, 2.75) is 0 Å². The summed E-state index contributed by atoms with van der Waals surface area (Å²) in [4.78, 5) is 35.1. The van der Waals surface area contributed by atoms with Crippen LogP contribution in [0.15, 0.2) is 42.5 Å². The van der Waals surface area contributed by atoms with Crippen LogP contribution >= 0.6 is 11.3 Å². The van der Waals surface area contributed by atoms with Crippen molar-refractivity contribution in [3.05, 3.63) is 58.5 Å². The van der Waals surface area contributed by atoms with Gasteiger partial charge in [0.05, 0.1) is 12.1 Å². The van der Waals surface area contributed by atoms with Crippen molar-refractivity contribution in [2.75, 3.05) is 19.5 Å². The second kappa shape index (κ2) is 8.07. The molecule has 1 aromatic heterocycles. The maximum atomic E-state index is 11.9. The van der Waals surface area contributed by atoms with E-state index in [1.165, 1.54) is 13.2 Å². The van der Waals surface area contributed by atoms with Crippen molar-refractivity contribution in [3.8, 4) is 0 Å². The first-order chi connectivity index (χ1) is 11.5. The summed E-state index contributed by atoms with van der Waals surface area (Å²) in [6, 6.07) is 10.1. The fourth-order valence-electron chi connectivity index (χ4n) is 1.84. The number of anilines is 1. The fraction of sp³-hybridized carbons (Fsp3) is 0.118. The van der Waals surface area contributed by atoms with E-state index in [0.717, 1.165) is 16.9 Å². The summed E-state index contributed by atoms with van der Waals surface area (Å²) in [7, 11) is 2.87. The SMILES string of the molecule is CNC(=O)c1ccc(C=CC(=O)Nc2ccc(C(=O)OC)s2)cc1. The van der Waals surface area contributed by atoms with Crippen molar-refractivity contribution < 1.29 is 19.1 Å². The summed E-state index contributed by atoms with van der Waals surface area (Å²) in [5.41, 5.74) is 1.34. The Balaban J connectivity index is 1.96. The minimum atomic E-state index is -0.438. The van der Waals surface area contributed by atoms with Crippen LogP contribution in [0, 0.1) is 0 Å². The third-order valence-electron chi connectivity index (χ3n) is 3.07. The number of nitrogens with one attached hydrogen (secondary N) is 2. The van der Waals surface area contributed by atoms with Crippen LogP contribution in [-0.4, -0.2) is 31.9 Å². The molecule has 0 atom stereocenters. The van der Waals surface area contributed by atoms with Crippen LogP contribution in [0.4, 0.5) is 5.00 Å². The molecular formula is C17H16N2O4S. The number of esters is 1. The molecule has 0 aliphatic carbocycles. The number of carbonyl (C=O) groups is 3. The van der Waals surface area contributed by atoms with Gasteiger partial charge in [0.15, 0.2) is 0 Å². The van der Waals surface area contributed by atoms with Crippen molar-refractivity contribution in [3.63, 3.8) is 0 Å². The van der Waals surface area contributed by atoms with E-state index >= 15 is 0 Å². The van der Waals surface area contributed by atoms with Gasteiger partial charge in [0.25, 0.3) is 5.91 Å². The first kappa shape index (κ1) is 17.4. The van der Waals surface area contributed by atoms with E-state index in [-0.39, 0.29) is 11.8 Å². The number of hydrogen-bond donors (Lipinski definition) is 2. The number of hydrogen-bond acceptors (Lipinski definition) is 5. The second-order valence-electron chi connectivity index (χ2n) is 4.68. The summed E-state index contributed by atoms with van der Waals surface area (Å²) in [6.45, 7) is 0. The predicted molar refractivity (Wildman–Crippen MR) is 93.2 cm³/mol. The van der Waals surface area contributed by atoms with Crippen LogP contribution in [0.2, 0.25) is 0 Å². The van der Waals surface area contributed by atoms with E-state index in [4.69, 9.17) is 0 Å². The van der Waals surface area contributed by atoms with Crippen molar-refractivity contribution in [1.29, 1.82) is 0 Å². The Morgan fingerprint density at radius 1 is 1.08 bits per heavy atom. The normalized spacial score (nSPS) is 10.4. The minimum Gasteiger partial charge on any atom is -0.465 e. The molecule has 124 valence electrons. The lowest BCUT2D eigenvalue weighted by molar-refractivity contribution is -0.111. The average Bonchev–Trinajstić information content (AvgIpc) is 3.07. The average molecular weight is 344 g/mol. The van der Waals surface area contributed by atoms with Gasteiger partial charge in [-0.25, -0.2) is 4.79 Å². The molecule has 2 amide bonds. The molecule has 0 radical (unpaired) electrons. The van der Waals surface area contributed by atoms with E-state index in [1.807, 2.05) is 0 Å². The lowest BCUT2D eigenvalue weighted by Gasteiger charge is -2.00. The number of rotatable bonds is 5. The molecule has 6 nitrogen and oxygen atoms in total. The van der Waals surface area contributed by atoms with E-state index in [9.17, 15) is 14.4 Å². The van der Waals surface area contributed by atoms with Crippen LogP contribution in [-0.2, 0) is 9.53 Å². The highest BCUT2D eigenvalue weighted by atomic mass is 32.1. The summed E-state index contributed by atoms with van der Waals surface area (Å²) in [5.74, 6) is -0.918. The largest absolute Gasteiger partial charge is 0.465 e. The van der Waals surface area contributed by atoms with Gasteiger partial charge < -0.3 is 15.4 Å². The zero-order valence-electron chi connectivity index (χ0n) is 13.2. The van der Waals surface area contributed by atoms with Crippen LogP contribution in [0.1, 0.15) is 25.6 Å². The molecule has 0 aliphatic rings. The van der Waals surface area contributed by atoms with Gasteiger partial charge in [-0.15, -0.1) is 11.3 Å². The molecule has 0 spiro atoms. The number of ether oxygens (including phenoxy) is 1. The number of amides is 2. The zero-order valence-corrected chi connectivity index (χ0v) is 14.0. The Hall–Kier alpha value is -2.93. The molecule has 0 fully saturated rings. The molecule has 1 aromatic carbocycles. The van der Waals surface area contributed by atoms with E-state index in [2.05, 4.69) is 15.4 Å². The van der Waals surface area contributed by atoms with E-state index in [1.54, 1.807) is 49.5 Å². The topological polar surface area (TPSA) is 84.5 Å². The third kappa shape index (κ3) is 4.53. The fourth-order valence-corrected chi connectivity index (χ4v) is 2.67. The molecule has 1 heterocycles. The summed E-state index contributed by atoms with van der Waals surface area (Å²) in [5, 5.41) is 5.77. The summed E-state index contributed by atoms with van der Waals surface area (Å²) in [6.07, 6.45) is 3.02. The first-order valence-electron chi connectivity index (χ1n) is 7.03. The number of benzene rings is 1. The Labute approximate surface area is 143 Å². The highest BCUT2D eigenvalue weighted by Gasteiger charge is 2.09. The smallest absolute Gasteiger partial charge is 0.348 e. The molecule has 0 saturated carbocycles. The van der Waals surface area contributed by atoms with E-state index in [0.29, 0.717) is 15.4 Å². The highest BCUT2D eigenvalue weighted by Crippen LogP contribution is 2.22. The highest BCUT2D eigenvalue weighted by molar-refractivity contribution is 7.18. The molecule has 24 heavy (non-hydrogen) atoms. The molecule has 0 aliphatic heterocycles. The van der Waals surface area contributed by atoms with Crippen LogP contribution in [0.25, 0.3) is 6.08 Å². The number of methoxy groups -OCH3 is 1. The number of carbonyl (C=O) groups excluding carboxylic acids is 3. The molecule has 2 N–H and O–H groups in total. The van der Waals surface area contributed by atoms with Crippen LogP contribution in [0.3, 0.4) is 0 Å². The Morgan fingerprint density at radius 3 is 2.42 bits per heavy atom. The van der Waals surface area contributed by atoms with Gasteiger partial charge in [-0.1, -0.05) is 12.1 Å². The van der Waals surface area contributed by atoms with Gasteiger partial charge in [0.1, 0.15) is 4.88 Å². The van der Waals surface area contributed by atoms with Crippen molar-refractivity contribution in [2.24, 2.45) is 0 Å². The second-order valence-corrected chi connectivity index (χ2v) is 5.76. The van der Waals surface area contributed by atoms with Gasteiger partial charge >= 0.3 is 5.97 Å². The quantitative estimate of drug-likeness (QED) is 0.645. The van der Waals surface area contributed by atoms with Gasteiger partial charge in [0.2, 0.25) is 5.91 Å². The molecular weight excluding hydrogens is 328 g/mol. The molecule has 2 rings (SSSR count).